The molecule has 1 amide bonds. The van der Waals surface area contributed by atoms with Gasteiger partial charge in [0.1, 0.15) is 22.3 Å². The van der Waals surface area contributed by atoms with Gasteiger partial charge in [-0.3, -0.25) is 4.79 Å². The van der Waals surface area contributed by atoms with Crippen molar-refractivity contribution in [3.8, 4) is 0 Å². The second-order valence-electron chi connectivity index (χ2n) is 5.19. The number of nitro groups is 1. The first-order chi connectivity index (χ1) is 12.8. The molecule has 0 fully saturated rings. The van der Waals surface area contributed by atoms with E-state index in [2.05, 4.69) is 21.0 Å². The third kappa shape index (κ3) is 3.79. The Morgan fingerprint density at radius 2 is 1.68 bits per heavy atom. The number of rotatable bonds is 4. The average molecular weight is 479 g/mol. The molecule has 0 bridgehead atoms. The van der Waals surface area contributed by atoms with Crippen LogP contribution in [-0.2, 0) is 17.5 Å². The molecular weight excluding hydrogens is 473 g/mol. The number of hydrogen-bond donors (Lipinski definition) is 1. The smallest absolute Gasteiger partial charge is 0.358 e. The van der Waals surface area contributed by atoms with Crippen LogP contribution in [0.2, 0.25) is 0 Å². The zero-order valence-corrected chi connectivity index (χ0v) is 14.9. The number of nitrogens with zero attached hydrogens (tertiary/aromatic N) is 3. The largest absolute Gasteiger partial charge is 0.422 e. The van der Waals surface area contributed by atoms with E-state index in [9.17, 15) is 45.6 Å². The Kier molecular flexibility index (Phi) is 5.68. The zero-order valence-electron chi connectivity index (χ0n) is 13.3. The first-order valence-corrected chi connectivity index (χ1v) is 7.66. The number of carbonyl (C=O) groups is 1. The third-order valence-corrected chi connectivity index (χ3v) is 4.32. The molecule has 0 saturated carbocycles. The Bertz CT molecular complexity index is 961. The van der Waals surface area contributed by atoms with Crippen LogP contribution in [0.1, 0.15) is 11.3 Å². The second-order valence-corrected chi connectivity index (χ2v) is 5.98. The van der Waals surface area contributed by atoms with Gasteiger partial charge in [0.15, 0.2) is 23.3 Å². The van der Waals surface area contributed by atoms with Crippen molar-refractivity contribution in [2.75, 3.05) is 5.32 Å². The van der Waals surface area contributed by atoms with Crippen LogP contribution in [0.4, 0.5) is 42.2 Å². The van der Waals surface area contributed by atoms with E-state index in [1.54, 1.807) is 0 Å². The van der Waals surface area contributed by atoms with Gasteiger partial charge in [-0.2, -0.15) is 17.9 Å². The van der Waals surface area contributed by atoms with E-state index in [4.69, 9.17) is 0 Å². The van der Waals surface area contributed by atoms with Crippen molar-refractivity contribution in [2.24, 2.45) is 0 Å². The summed E-state index contributed by atoms with van der Waals surface area (Å²) in [5.74, 6) is -12.5. The number of aromatic nitrogens is 2. The number of nitrogens with one attached hydrogen (secondary N) is 1. The molecule has 0 unspecified atom stereocenters. The highest BCUT2D eigenvalue weighted by Crippen LogP contribution is 2.38. The summed E-state index contributed by atoms with van der Waals surface area (Å²) >= 11 is 2.84. The first kappa shape index (κ1) is 21.6. The number of halogens is 8. The number of benzene rings is 1. The molecule has 1 heterocycles. The lowest BCUT2D eigenvalue weighted by Crippen LogP contribution is -2.24. The number of alkyl halides is 3. The minimum absolute atomic E-state index is 0.0487. The van der Waals surface area contributed by atoms with Crippen molar-refractivity contribution >= 4 is 33.3 Å². The molecule has 2 aromatic rings. The Morgan fingerprint density at radius 3 is 2.07 bits per heavy atom. The maximum Gasteiger partial charge on any atom is 0.422 e. The van der Waals surface area contributed by atoms with Crippen LogP contribution < -0.4 is 5.32 Å². The third-order valence-electron chi connectivity index (χ3n) is 3.39. The normalized spacial score (nSPS) is 11.6. The minimum atomic E-state index is -5.73. The number of anilines is 1. The van der Waals surface area contributed by atoms with Crippen LogP contribution in [0, 0.1) is 40.3 Å². The van der Waals surface area contributed by atoms with Gasteiger partial charge < -0.3 is 15.4 Å². The van der Waals surface area contributed by atoms with Gasteiger partial charge in [0.25, 0.3) is 0 Å². The molecule has 0 atom stereocenters. The van der Waals surface area contributed by atoms with E-state index in [1.807, 2.05) is 0 Å². The predicted molar refractivity (Wildman–Crippen MR) is 81.2 cm³/mol. The molecule has 28 heavy (non-hydrogen) atoms. The summed E-state index contributed by atoms with van der Waals surface area (Å²) in [6.07, 6.45) is -5.73. The lowest BCUT2D eigenvalue weighted by atomic mass is 10.1. The summed E-state index contributed by atoms with van der Waals surface area (Å²) in [5, 5.41) is 15.6. The minimum Gasteiger partial charge on any atom is -0.358 e. The van der Waals surface area contributed by atoms with Gasteiger partial charge in [-0.1, -0.05) is 0 Å². The maximum absolute atomic E-state index is 13.8. The first-order valence-electron chi connectivity index (χ1n) is 6.87. The van der Waals surface area contributed by atoms with Gasteiger partial charge in [0.2, 0.25) is 5.91 Å². The lowest BCUT2D eigenvalue weighted by Gasteiger charge is -2.14. The topological polar surface area (TPSA) is 90.1 Å². The van der Waals surface area contributed by atoms with Gasteiger partial charge >= 0.3 is 12.0 Å². The van der Waals surface area contributed by atoms with Crippen LogP contribution in [0.5, 0.6) is 0 Å². The second kappa shape index (κ2) is 7.37. The van der Waals surface area contributed by atoms with Crippen molar-refractivity contribution in [1.82, 2.24) is 9.78 Å². The number of amides is 1. The summed E-state index contributed by atoms with van der Waals surface area (Å²) in [6, 6.07) is 0. The van der Waals surface area contributed by atoms with E-state index in [0.717, 1.165) is 4.68 Å². The molecule has 1 aromatic heterocycles. The monoisotopic (exact) mass is 478 g/mol. The van der Waals surface area contributed by atoms with E-state index in [0.29, 0.717) is 0 Å². The molecule has 15 heteroatoms. The fourth-order valence-electron chi connectivity index (χ4n) is 2.08. The molecule has 152 valence electrons. The Labute approximate surface area is 158 Å². The molecule has 0 saturated heterocycles. The highest BCUT2D eigenvalue weighted by molar-refractivity contribution is 9.10. The standard InChI is InChI=1S/C13H6BrF7N4O3/c1-3-6(14)12(25(27)28)23-24(3)2-4(26)22-11-9(17)7(15)5(13(19,20)21)8(16)10(11)18/h2H2,1H3,(H,22,26). The summed E-state index contributed by atoms with van der Waals surface area (Å²) in [6.45, 7) is 0.386. The average Bonchev–Trinajstić information content (AvgIpc) is 2.84. The lowest BCUT2D eigenvalue weighted by molar-refractivity contribution is -0.390. The molecule has 0 aliphatic heterocycles. The summed E-state index contributed by atoms with van der Waals surface area (Å²) in [7, 11) is 0. The molecule has 1 N–H and O–H groups in total. The van der Waals surface area contributed by atoms with Gasteiger partial charge in [0, 0.05) is 0 Å². The van der Waals surface area contributed by atoms with Gasteiger partial charge in [0.05, 0.1) is 10.8 Å². The Morgan fingerprint density at radius 1 is 1.18 bits per heavy atom. The van der Waals surface area contributed by atoms with Crippen LogP contribution in [0.3, 0.4) is 0 Å². The van der Waals surface area contributed by atoms with E-state index < -0.39 is 63.9 Å². The fraction of sp³-hybridized carbons (Fsp3) is 0.231. The molecule has 0 radical (unpaired) electrons. The van der Waals surface area contributed by atoms with Crippen LogP contribution in [0.15, 0.2) is 4.47 Å². The van der Waals surface area contributed by atoms with Crippen molar-refractivity contribution in [2.45, 2.75) is 19.6 Å². The van der Waals surface area contributed by atoms with Gasteiger partial charge in [-0.05, 0) is 27.8 Å². The van der Waals surface area contributed by atoms with Crippen molar-refractivity contribution < 1.29 is 40.5 Å². The highest BCUT2D eigenvalue weighted by atomic mass is 79.9. The SMILES string of the molecule is Cc1c(Br)c([N+](=O)[O-])nn1CC(=O)Nc1c(F)c(F)c(C(F)(F)F)c(F)c1F. The summed E-state index contributed by atoms with van der Waals surface area (Å²) < 4.78 is 92.8. The van der Waals surface area contributed by atoms with Crippen molar-refractivity contribution in [1.29, 1.82) is 0 Å². The van der Waals surface area contributed by atoms with Gasteiger partial charge in [-0.15, -0.1) is 0 Å². The van der Waals surface area contributed by atoms with E-state index in [1.165, 1.54) is 12.2 Å². The van der Waals surface area contributed by atoms with Crippen LogP contribution in [0.25, 0.3) is 0 Å². The molecule has 7 nitrogen and oxygen atoms in total. The quantitative estimate of drug-likeness (QED) is 0.310. The molecular formula is C13H6BrF7N4O3. The van der Waals surface area contributed by atoms with Gasteiger partial charge in [-0.25, -0.2) is 17.6 Å². The highest BCUT2D eigenvalue weighted by Gasteiger charge is 2.42. The summed E-state index contributed by atoms with van der Waals surface area (Å²) in [5.41, 5.74) is -4.53. The Hall–Kier alpha value is -2.71. The van der Waals surface area contributed by atoms with E-state index in [-0.39, 0.29) is 10.2 Å². The molecule has 0 aliphatic rings. The molecule has 0 aliphatic carbocycles. The zero-order chi connectivity index (χ0) is 21.5. The van der Waals surface area contributed by atoms with Crippen molar-refractivity contribution in [3.63, 3.8) is 0 Å². The maximum atomic E-state index is 13.8. The number of hydrogen-bond acceptors (Lipinski definition) is 4. The van der Waals surface area contributed by atoms with Crippen LogP contribution >= 0.6 is 15.9 Å². The Balaban J connectivity index is 2.38. The predicted octanol–water partition coefficient (Wildman–Crippen LogP) is 4.08. The van der Waals surface area contributed by atoms with Crippen molar-refractivity contribution in [3.05, 3.63) is 49.1 Å². The van der Waals surface area contributed by atoms with E-state index >= 15 is 0 Å². The molecule has 2 rings (SSSR count). The fourth-order valence-corrected chi connectivity index (χ4v) is 2.51. The summed E-state index contributed by atoms with van der Waals surface area (Å²) in [4.78, 5) is 21.7. The van der Waals surface area contributed by atoms with Crippen LogP contribution in [-0.4, -0.2) is 20.6 Å². The molecule has 0 spiro atoms. The number of carbonyl (C=O) groups excluding carboxylic acids is 1. The molecule has 1 aromatic carbocycles.